The fourth-order valence-corrected chi connectivity index (χ4v) is 3.75. The molecule has 0 saturated heterocycles. The highest BCUT2D eigenvalue weighted by atomic mass is 127. The summed E-state index contributed by atoms with van der Waals surface area (Å²) in [5, 5.41) is 2.71. The minimum absolute atomic E-state index is 0.0674. The van der Waals surface area contributed by atoms with E-state index in [1.54, 1.807) is 18.2 Å². The number of sulfonamides is 1. The number of hydrogen-bond acceptors (Lipinski definition) is 4. The lowest BCUT2D eigenvalue weighted by Gasteiger charge is -2.15. The van der Waals surface area contributed by atoms with Gasteiger partial charge in [-0.05, 0) is 78.4 Å². The van der Waals surface area contributed by atoms with Crippen LogP contribution in [0.15, 0.2) is 47.4 Å². The first-order chi connectivity index (χ1) is 11.7. The Labute approximate surface area is 161 Å². The van der Waals surface area contributed by atoms with Crippen molar-refractivity contribution in [2.24, 2.45) is 0 Å². The third-order valence-electron chi connectivity index (χ3n) is 3.53. The molecule has 0 radical (unpaired) electrons. The third kappa shape index (κ3) is 5.16. The highest BCUT2D eigenvalue weighted by Gasteiger charge is 2.22. The van der Waals surface area contributed by atoms with Crippen molar-refractivity contribution in [3.63, 3.8) is 0 Å². The molecule has 2 N–H and O–H groups in total. The molecule has 0 aromatic heterocycles. The maximum absolute atomic E-state index is 12.4. The normalized spacial score (nSPS) is 12.5. The smallest absolute Gasteiger partial charge is 0.242 e. The van der Waals surface area contributed by atoms with Gasteiger partial charge in [-0.25, -0.2) is 8.42 Å². The highest BCUT2D eigenvalue weighted by Crippen LogP contribution is 2.18. The minimum atomic E-state index is -3.80. The molecule has 0 aliphatic carbocycles. The topological polar surface area (TPSA) is 84.5 Å². The average Bonchev–Trinajstić information content (AvgIpc) is 2.57. The van der Waals surface area contributed by atoms with E-state index < -0.39 is 22.0 Å². The van der Waals surface area contributed by atoms with Gasteiger partial charge in [-0.2, -0.15) is 4.72 Å². The number of ether oxygens (including phenoxy) is 1. The molecule has 25 heavy (non-hydrogen) atoms. The quantitative estimate of drug-likeness (QED) is 0.631. The number of anilines is 1. The first kappa shape index (κ1) is 19.7. The number of amides is 1. The fraction of sp³-hybridized carbons (Fsp3) is 0.235. The molecule has 0 saturated carbocycles. The Morgan fingerprint density at radius 1 is 1.16 bits per heavy atom. The van der Waals surface area contributed by atoms with Crippen LogP contribution in [0.3, 0.4) is 0 Å². The van der Waals surface area contributed by atoms with Crippen molar-refractivity contribution < 1.29 is 17.9 Å². The van der Waals surface area contributed by atoms with Crippen molar-refractivity contribution in [3.05, 3.63) is 51.6 Å². The molecule has 8 heteroatoms. The summed E-state index contributed by atoms with van der Waals surface area (Å²) in [5.74, 6) is 0.121. The highest BCUT2D eigenvalue weighted by molar-refractivity contribution is 14.1. The zero-order valence-corrected chi connectivity index (χ0v) is 17.0. The number of nitrogens with one attached hydrogen (secondary N) is 2. The van der Waals surface area contributed by atoms with Crippen LogP contribution in [-0.2, 0) is 14.8 Å². The van der Waals surface area contributed by atoms with Crippen molar-refractivity contribution in [1.82, 2.24) is 4.72 Å². The van der Waals surface area contributed by atoms with Crippen molar-refractivity contribution >= 4 is 44.2 Å². The Morgan fingerprint density at radius 3 is 2.36 bits per heavy atom. The first-order valence-corrected chi connectivity index (χ1v) is 10.0. The fourth-order valence-electron chi connectivity index (χ4n) is 2.03. The van der Waals surface area contributed by atoms with Crippen molar-refractivity contribution in [1.29, 1.82) is 0 Å². The number of methoxy groups -OCH3 is 1. The van der Waals surface area contributed by atoms with Crippen LogP contribution < -0.4 is 14.8 Å². The first-order valence-electron chi connectivity index (χ1n) is 7.46. The number of halogens is 1. The van der Waals surface area contributed by atoms with Gasteiger partial charge in [-0.1, -0.05) is 6.07 Å². The summed E-state index contributed by atoms with van der Waals surface area (Å²) >= 11 is 2.18. The molecule has 0 bridgehead atoms. The van der Waals surface area contributed by atoms with Crippen LogP contribution in [0.1, 0.15) is 12.5 Å². The van der Waals surface area contributed by atoms with E-state index in [1.165, 1.54) is 26.2 Å². The largest absolute Gasteiger partial charge is 0.497 e. The summed E-state index contributed by atoms with van der Waals surface area (Å²) in [4.78, 5) is 12.3. The van der Waals surface area contributed by atoms with Gasteiger partial charge in [0, 0.05) is 9.26 Å². The van der Waals surface area contributed by atoms with Crippen LogP contribution in [0.25, 0.3) is 0 Å². The van der Waals surface area contributed by atoms with E-state index in [4.69, 9.17) is 4.74 Å². The standard InChI is InChI=1S/C17H19IN2O4S/c1-11-4-5-13(10-16(11)18)19-17(21)12(2)20-25(22,23)15-8-6-14(24-3)7-9-15/h4-10,12,20H,1-3H3,(H,19,21)/t12-/m0/s1. The maximum atomic E-state index is 12.4. The number of carbonyl (C=O) groups excluding carboxylic acids is 1. The zero-order valence-electron chi connectivity index (χ0n) is 14.0. The summed E-state index contributed by atoms with van der Waals surface area (Å²) in [6.07, 6.45) is 0. The predicted molar refractivity (Wildman–Crippen MR) is 105 cm³/mol. The van der Waals surface area contributed by atoms with Crippen molar-refractivity contribution in [3.8, 4) is 5.75 Å². The molecular weight excluding hydrogens is 455 g/mol. The van der Waals surface area contributed by atoms with Crippen LogP contribution >= 0.6 is 22.6 Å². The number of benzene rings is 2. The zero-order chi connectivity index (χ0) is 18.6. The monoisotopic (exact) mass is 474 g/mol. The molecule has 2 rings (SSSR count). The molecule has 0 aliphatic heterocycles. The summed E-state index contributed by atoms with van der Waals surface area (Å²) in [6.45, 7) is 3.47. The summed E-state index contributed by atoms with van der Waals surface area (Å²) in [5.41, 5.74) is 1.72. The van der Waals surface area contributed by atoms with Gasteiger partial charge in [0.05, 0.1) is 18.0 Å². The van der Waals surface area contributed by atoms with E-state index in [0.29, 0.717) is 11.4 Å². The lowest BCUT2D eigenvalue weighted by atomic mass is 10.2. The van der Waals surface area contributed by atoms with Gasteiger partial charge in [0.1, 0.15) is 5.75 Å². The van der Waals surface area contributed by atoms with Gasteiger partial charge in [0.2, 0.25) is 15.9 Å². The van der Waals surface area contributed by atoms with Crippen LogP contribution in [0.5, 0.6) is 5.75 Å². The Morgan fingerprint density at radius 2 is 1.80 bits per heavy atom. The van der Waals surface area contributed by atoms with Crippen LogP contribution in [0, 0.1) is 10.5 Å². The van der Waals surface area contributed by atoms with Gasteiger partial charge in [-0.15, -0.1) is 0 Å². The molecule has 0 heterocycles. The summed E-state index contributed by atoms with van der Waals surface area (Å²) < 4.78 is 33.1. The van der Waals surface area contributed by atoms with Gasteiger partial charge >= 0.3 is 0 Å². The number of hydrogen-bond donors (Lipinski definition) is 2. The predicted octanol–water partition coefficient (Wildman–Crippen LogP) is 2.91. The Bertz CT molecular complexity index is 867. The Kier molecular flexibility index (Phi) is 6.42. The molecular formula is C17H19IN2O4S. The lowest BCUT2D eigenvalue weighted by molar-refractivity contribution is -0.117. The van der Waals surface area contributed by atoms with Gasteiger partial charge in [0.25, 0.3) is 0 Å². The molecule has 0 fully saturated rings. The van der Waals surface area contributed by atoms with Crippen LogP contribution in [0.4, 0.5) is 5.69 Å². The van der Waals surface area contributed by atoms with Crippen LogP contribution in [-0.4, -0.2) is 27.5 Å². The Hall–Kier alpha value is -1.65. The SMILES string of the molecule is COc1ccc(S(=O)(=O)N[C@@H](C)C(=O)Nc2ccc(C)c(I)c2)cc1. The van der Waals surface area contributed by atoms with Gasteiger partial charge in [-0.3, -0.25) is 4.79 Å². The van der Waals surface area contributed by atoms with E-state index >= 15 is 0 Å². The maximum Gasteiger partial charge on any atom is 0.242 e. The van der Waals surface area contributed by atoms with E-state index in [1.807, 2.05) is 19.1 Å². The minimum Gasteiger partial charge on any atom is -0.497 e. The van der Waals surface area contributed by atoms with Gasteiger partial charge in [0.15, 0.2) is 0 Å². The molecule has 6 nitrogen and oxygen atoms in total. The third-order valence-corrected chi connectivity index (χ3v) is 6.25. The number of carbonyl (C=O) groups is 1. The molecule has 1 atom stereocenters. The van der Waals surface area contributed by atoms with Gasteiger partial charge < -0.3 is 10.1 Å². The number of aryl methyl sites for hydroxylation is 1. The second kappa shape index (κ2) is 8.15. The van der Waals surface area contributed by atoms with Crippen molar-refractivity contribution in [2.45, 2.75) is 24.8 Å². The number of rotatable bonds is 6. The molecule has 1 amide bonds. The average molecular weight is 474 g/mol. The second-order valence-corrected chi connectivity index (χ2v) is 8.35. The van der Waals surface area contributed by atoms with E-state index in [0.717, 1.165) is 9.13 Å². The molecule has 0 aliphatic rings. The molecule has 2 aromatic rings. The molecule has 134 valence electrons. The summed E-state index contributed by atoms with van der Waals surface area (Å²) in [7, 11) is -2.30. The van der Waals surface area contributed by atoms with Crippen LogP contribution in [0.2, 0.25) is 0 Å². The van der Waals surface area contributed by atoms with E-state index in [2.05, 4.69) is 32.6 Å². The molecule has 2 aromatic carbocycles. The molecule has 0 spiro atoms. The second-order valence-electron chi connectivity index (χ2n) is 5.47. The lowest BCUT2D eigenvalue weighted by Crippen LogP contribution is -2.41. The van der Waals surface area contributed by atoms with E-state index in [9.17, 15) is 13.2 Å². The van der Waals surface area contributed by atoms with E-state index in [-0.39, 0.29) is 4.90 Å². The van der Waals surface area contributed by atoms with Crippen molar-refractivity contribution in [2.75, 3.05) is 12.4 Å². The Balaban J connectivity index is 2.07. The summed E-state index contributed by atoms with van der Waals surface area (Å²) in [6, 6.07) is 10.5. The molecule has 0 unspecified atom stereocenters.